The molecule has 0 heterocycles. The predicted octanol–water partition coefficient (Wildman–Crippen LogP) is 5.05. The van der Waals surface area contributed by atoms with Crippen LogP contribution in [-0.2, 0) is 21.4 Å². The van der Waals surface area contributed by atoms with Crippen LogP contribution in [-0.4, -0.2) is 37.4 Å². The molecule has 3 aromatic carbocycles. The van der Waals surface area contributed by atoms with Crippen molar-refractivity contribution in [2.45, 2.75) is 56.6 Å². The highest BCUT2D eigenvalue weighted by Crippen LogP contribution is 2.28. The molecule has 37 heavy (non-hydrogen) atoms. The zero-order chi connectivity index (χ0) is 26.1. The molecule has 0 aliphatic heterocycles. The number of nitrogens with one attached hydrogen (secondary N) is 1. The van der Waals surface area contributed by atoms with Gasteiger partial charge in [0.1, 0.15) is 12.4 Å². The van der Waals surface area contributed by atoms with Crippen molar-refractivity contribution in [3.05, 3.63) is 95.6 Å². The zero-order valence-corrected chi connectivity index (χ0v) is 21.9. The highest BCUT2D eigenvalue weighted by Gasteiger charge is 2.33. The van der Waals surface area contributed by atoms with E-state index in [2.05, 4.69) is 10.5 Å². The van der Waals surface area contributed by atoms with Crippen LogP contribution in [0.4, 0.5) is 0 Å². The van der Waals surface area contributed by atoms with E-state index in [0.717, 1.165) is 43.2 Å². The Labute approximate surface area is 219 Å². The van der Waals surface area contributed by atoms with Gasteiger partial charge in [-0.3, -0.25) is 4.79 Å². The number of ether oxygens (including phenoxy) is 1. The number of carbonyl (C=O) groups excluding carboxylic acids is 1. The molecule has 0 unspecified atom stereocenters. The lowest BCUT2D eigenvalue weighted by molar-refractivity contribution is -0.121. The summed E-state index contributed by atoms with van der Waals surface area (Å²) in [5.74, 6) is 0.148. The van der Waals surface area contributed by atoms with Gasteiger partial charge in [-0.2, -0.15) is 9.41 Å². The highest BCUT2D eigenvalue weighted by molar-refractivity contribution is 7.89. The number of nitrogens with zero attached hydrogens (tertiary/aromatic N) is 2. The third-order valence-electron chi connectivity index (χ3n) is 6.46. The van der Waals surface area contributed by atoms with Crippen LogP contribution in [0.15, 0.2) is 88.9 Å². The van der Waals surface area contributed by atoms with Crippen molar-refractivity contribution in [2.24, 2.45) is 5.10 Å². The van der Waals surface area contributed by atoms with Gasteiger partial charge >= 0.3 is 0 Å². The molecule has 0 bridgehead atoms. The zero-order valence-electron chi connectivity index (χ0n) is 21.0. The lowest BCUT2D eigenvalue weighted by Gasteiger charge is -2.32. The van der Waals surface area contributed by atoms with Gasteiger partial charge in [-0.25, -0.2) is 13.8 Å². The van der Waals surface area contributed by atoms with Crippen molar-refractivity contribution in [3.63, 3.8) is 0 Å². The number of para-hydroxylation sites is 1. The Morgan fingerprint density at radius 2 is 1.65 bits per heavy atom. The fourth-order valence-corrected chi connectivity index (χ4v) is 6.07. The van der Waals surface area contributed by atoms with Gasteiger partial charge < -0.3 is 4.74 Å². The Morgan fingerprint density at radius 1 is 0.973 bits per heavy atom. The van der Waals surface area contributed by atoms with E-state index in [1.165, 1.54) is 10.5 Å². The minimum atomic E-state index is -3.83. The van der Waals surface area contributed by atoms with Crippen LogP contribution in [0.25, 0.3) is 0 Å². The summed E-state index contributed by atoms with van der Waals surface area (Å²) in [6.07, 6.45) is 5.98. The number of hydrazone groups is 1. The second-order valence-electron chi connectivity index (χ2n) is 9.26. The number of aryl methyl sites for hydroxylation is 1. The molecule has 1 saturated carbocycles. The molecule has 1 fully saturated rings. The maximum absolute atomic E-state index is 13.5. The molecular formula is C29H33N3O4S. The topological polar surface area (TPSA) is 88.1 Å². The lowest BCUT2D eigenvalue weighted by atomic mass is 9.95. The third kappa shape index (κ3) is 7.27. The van der Waals surface area contributed by atoms with E-state index in [0.29, 0.717) is 17.9 Å². The first-order valence-electron chi connectivity index (χ1n) is 12.6. The van der Waals surface area contributed by atoms with Crippen molar-refractivity contribution in [2.75, 3.05) is 6.54 Å². The van der Waals surface area contributed by atoms with E-state index in [1.807, 2.05) is 61.5 Å². The Bertz CT molecular complexity index is 1300. The van der Waals surface area contributed by atoms with Gasteiger partial charge in [0, 0.05) is 11.6 Å². The smallest absolute Gasteiger partial charge is 0.255 e. The van der Waals surface area contributed by atoms with E-state index < -0.39 is 15.9 Å². The highest BCUT2D eigenvalue weighted by atomic mass is 32.2. The fourth-order valence-electron chi connectivity index (χ4n) is 4.43. The number of sulfonamides is 1. The molecule has 4 rings (SSSR count). The summed E-state index contributed by atoms with van der Waals surface area (Å²) >= 11 is 0. The van der Waals surface area contributed by atoms with Crippen molar-refractivity contribution in [3.8, 4) is 5.75 Å². The second-order valence-corrected chi connectivity index (χ2v) is 11.2. The van der Waals surface area contributed by atoms with E-state index in [-0.39, 0.29) is 17.5 Å². The van der Waals surface area contributed by atoms with Crippen molar-refractivity contribution >= 4 is 22.1 Å². The van der Waals surface area contributed by atoms with Crippen molar-refractivity contribution in [1.29, 1.82) is 0 Å². The summed E-state index contributed by atoms with van der Waals surface area (Å²) in [4.78, 5) is 13.1. The van der Waals surface area contributed by atoms with Gasteiger partial charge in [-0.15, -0.1) is 0 Å². The van der Waals surface area contributed by atoms with Crippen LogP contribution in [0.3, 0.4) is 0 Å². The summed E-state index contributed by atoms with van der Waals surface area (Å²) in [5, 5.41) is 4.10. The van der Waals surface area contributed by atoms with Gasteiger partial charge in [-0.1, -0.05) is 79.4 Å². The standard InChI is InChI=1S/C29H33N3O4S/c1-23-16-18-27(19-17-23)37(34,35)32(26-13-6-3-7-14-26)21-29(33)31-30-20-25-12-8-9-15-28(25)36-22-24-10-4-2-5-11-24/h2,4-5,8-12,15-20,26H,3,6-7,13-14,21-22H2,1H3,(H,31,33)/b30-20-. The number of carbonyl (C=O) groups is 1. The second kappa shape index (κ2) is 12.7. The third-order valence-corrected chi connectivity index (χ3v) is 8.37. The van der Waals surface area contributed by atoms with Crippen LogP contribution in [0.2, 0.25) is 0 Å². The van der Waals surface area contributed by atoms with E-state index in [1.54, 1.807) is 24.3 Å². The van der Waals surface area contributed by atoms with Crippen molar-refractivity contribution < 1.29 is 17.9 Å². The molecule has 0 aromatic heterocycles. The van der Waals surface area contributed by atoms with Gasteiger partial charge in [-0.05, 0) is 49.6 Å². The first kappa shape index (κ1) is 26.6. The first-order chi connectivity index (χ1) is 17.9. The van der Waals surface area contributed by atoms with Crippen LogP contribution >= 0.6 is 0 Å². The number of benzene rings is 3. The molecule has 3 aromatic rings. The quantitative estimate of drug-likeness (QED) is 0.300. The number of amides is 1. The fraction of sp³-hybridized carbons (Fsp3) is 0.310. The predicted molar refractivity (Wildman–Crippen MR) is 145 cm³/mol. The number of hydrogen-bond acceptors (Lipinski definition) is 5. The summed E-state index contributed by atoms with van der Waals surface area (Å²) in [6.45, 7) is 2.03. The van der Waals surface area contributed by atoms with Crippen molar-refractivity contribution in [1.82, 2.24) is 9.73 Å². The average Bonchev–Trinajstić information content (AvgIpc) is 2.92. The molecular weight excluding hydrogens is 486 g/mol. The minimum absolute atomic E-state index is 0.199. The van der Waals surface area contributed by atoms with E-state index in [9.17, 15) is 13.2 Å². The van der Waals surface area contributed by atoms with Gasteiger partial charge in [0.05, 0.1) is 17.7 Å². The normalized spacial score (nSPS) is 14.6. The summed E-state index contributed by atoms with van der Waals surface area (Å²) in [6, 6.07) is 23.8. The summed E-state index contributed by atoms with van der Waals surface area (Å²) in [5.41, 5.74) is 5.22. The molecule has 194 valence electrons. The van der Waals surface area contributed by atoms with Crippen LogP contribution in [0.5, 0.6) is 5.75 Å². The summed E-state index contributed by atoms with van der Waals surface area (Å²) < 4.78 is 34.3. The number of rotatable bonds is 10. The molecule has 0 radical (unpaired) electrons. The van der Waals surface area contributed by atoms with E-state index in [4.69, 9.17) is 4.74 Å². The Morgan fingerprint density at radius 3 is 2.38 bits per heavy atom. The maximum atomic E-state index is 13.5. The SMILES string of the molecule is Cc1ccc(S(=O)(=O)N(CC(=O)N/N=C\c2ccccc2OCc2ccccc2)C2CCCCC2)cc1. The maximum Gasteiger partial charge on any atom is 0.255 e. The monoisotopic (exact) mass is 519 g/mol. The average molecular weight is 520 g/mol. The van der Waals surface area contributed by atoms with Crippen LogP contribution < -0.4 is 10.2 Å². The lowest BCUT2D eigenvalue weighted by Crippen LogP contribution is -2.46. The van der Waals surface area contributed by atoms with Crippen LogP contribution in [0, 0.1) is 6.92 Å². The Balaban J connectivity index is 1.43. The Hall–Kier alpha value is -3.49. The molecule has 0 spiro atoms. The van der Waals surface area contributed by atoms with Gasteiger partial charge in [0.2, 0.25) is 10.0 Å². The largest absolute Gasteiger partial charge is 0.488 e. The molecule has 1 aliphatic rings. The Kier molecular flexibility index (Phi) is 9.09. The number of hydrogen-bond donors (Lipinski definition) is 1. The van der Waals surface area contributed by atoms with Gasteiger partial charge in [0.25, 0.3) is 5.91 Å². The molecule has 7 nitrogen and oxygen atoms in total. The minimum Gasteiger partial charge on any atom is -0.488 e. The summed E-state index contributed by atoms with van der Waals surface area (Å²) in [7, 11) is -3.83. The first-order valence-corrected chi connectivity index (χ1v) is 14.0. The van der Waals surface area contributed by atoms with E-state index >= 15 is 0 Å². The molecule has 1 amide bonds. The molecule has 0 saturated heterocycles. The van der Waals surface area contributed by atoms with Crippen LogP contribution in [0.1, 0.15) is 48.8 Å². The molecule has 1 N–H and O–H groups in total. The molecule has 1 aliphatic carbocycles. The molecule has 8 heteroatoms. The molecule has 0 atom stereocenters. The van der Waals surface area contributed by atoms with Gasteiger partial charge in [0.15, 0.2) is 0 Å².